The van der Waals surface area contributed by atoms with Gasteiger partial charge in [0.25, 0.3) is 0 Å². The van der Waals surface area contributed by atoms with Crippen LogP contribution in [0.3, 0.4) is 0 Å². The van der Waals surface area contributed by atoms with Crippen LogP contribution in [0.15, 0.2) is 12.1 Å². The molecule has 0 aromatic heterocycles. The molecule has 1 aromatic rings. The van der Waals surface area contributed by atoms with Crippen molar-refractivity contribution in [2.75, 3.05) is 21.3 Å². The Morgan fingerprint density at radius 1 is 1.17 bits per heavy atom. The zero-order chi connectivity index (χ0) is 13.2. The molecule has 0 aliphatic heterocycles. The van der Waals surface area contributed by atoms with Crippen molar-refractivity contribution in [2.24, 2.45) is 0 Å². The van der Waals surface area contributed by atoms with Crippen molar-refractivity contribution >= 4 is 0 Å². The highest BCUT2D eigenvalue weighted by Gasteiger charge is 2.41. The van der Waals surface area contributed by atoms with Crippen molar-refractivity contribution in [3.05, 3.63) is 23.3 Å². The molecule has 1 aliphatic carbocycles. The summed E-state index contributed by atoms with van der Waals surface area (Å²) in [5.74, 6) is 1.39. The fourth-order valence-corrected chi connectivity index (χ4v) is 2.16. The molecule has 0 atom stereocenters. The van der Waals surface area contributed by atoms with Gasteiger partial charge in [-0.05, 0) is 30.5 Å². The summed E-state index contributed by atoms with van der Waals surface area (Å²) in [4.78, 5) is 0. The number of aliphatic hydroxyl groups is 1. The van der Waals surface area contributed by atoms with E-state index in [1.807, 2.05) is 12.1 Å². The molecule has 0 bridgehead atoms. The van der Waals surface area contributed by atoms with E-state index in [0.29, 0.717) is 24.5 Å². The molecule has 1 aromatic carbocycles. The van der Waals surface area contributed by atoms with Crippen LogP contribution in [0.2, 0.25) is 0 Å². The van der Waals surface area contributed by atoms with Crippen molar-refractivity contribution in [1.82, 2.24) is 0 Å². The predicted molar refractivity (Wildman–Crippen MR) is 68.1 cm³/mol. The fourth-order valence-electron chi connectivity index (χ4n) is 2.16. The van der Waals surface area contributed by atoms with Crippen LogP contribution in [0.4, 0.5) is 0 Å². The van der Waals surface area contributed by atoms with Crippen LogP contribution in [0.25, 0.3) is 0 Å². The molecule has 1 N–H and O–H groups in total. The lowest BCUT2D eigenvalue weighted by Gasteiger charge is -2.17. The van der Waals surface area contributed by atoms with E-state index in [9.17, 15) is 5.11 Å². The van der Waals surface area contributed by atoms with Gasteiger partial charge in [-0.15, -0.1) is 0 Å². The molecule has 0 radical (unpaired) electrons. The smallest absolute Gasteiger partial charge is 0.164 e. The molecule has 18 heavy (non-hydrogen) atoms. The summed E-state index contributed by atoms with van der Waals surface area (Å²) in [6.07, 6.45) is 2.31. The van der Waals surface area contributed by atoms with E-state index in [1.165, 1.54) is 0 Å². The van der Waals surface area contributed by atoms with Crippen LogP contribution < -0.4 is 9.47 Å². The maximum atomic E-state index is 10.1. The van der Waals surface area contributed by atoms with Gasteiger partial charge >= 0.3 is 0 Å². The zero-order valence-corrected chi connectivity index (χ0v) is 11.2. The highest BCUT2D eigenvalue weighted by atomic mass is 16.5. The van der Waals surface area contributed by atoms with Gasteiger partial charge in [-0.3, -0.25) is 0 Å². The Morgan fingerprint density at radius 3 is 2.39 bits per heavy atom. The number of rotatable bonds is 6. The molecular weight excluding hydrogens is 232 g/mol. The number of benzene rings is 1. The molecule has 0 unspecified atom stereocenters. The Bertz CT molecular complexity index is 424. The second kappa shape index (κ2) is 5.16. The lowest BCUT2D eigenvalue weighted by Crippen LogP contribution is -2.12. The van der Waals surface area contributed by atoms with Gasteiger partial charge in [0.15, 0.2) is 11.5 Å². The molecule has 0 spiro atoms. The summed E-state index contributed by atoms with van der Waals surface area (Å²) in [6, 6.07) is 3.92. The first-order valence-corrected chi connectivity index (χ1v) is 6.07. The molecule has 4 nitrogen and oxygen atoms in total. The van der Waals surface area contributed by atoms with Crippen molar-refractivity contribution < 1.29 is 19.3 Å². The lowest BCUT2D eigenvalue weighted by atomic mass is 10.0. The largest absolute Gasteiger partial charge is 0.493 e. The van der Waals surface area contributed by atoms with E-state index in [0.717, 1.165) is 24.0 Å². The van der Waals surface area contributed by atoms with Gasteiger partial charge in [0.05, 0.1) is 26.4 Å². The van der Waals surface area contributed by atoms with Crippen molar-refractivity contribution in [3.63, 3.8) is 0 Å². The van der Waals surface area contributed by atoms with Crippen LogP contribution >= 0.6 is 0 Å². The number of hydrogen-bond donors (Lipinski definition) is 1. The minimum Gasteiger partial charge on any atom is -0.493 e. The van der Waals surface area contributed by atoms with E-state index in [-0.39, 0.29) is 0 Å². The van der Waals surface area contributed by atoms with Gasteiger partial charge in [-0.1, -0.05) is 0 Å². The van der Waals surface area contributed by atoms with Crippen LogP contribution in [0, 0.1) is 0 Å². The molecule has 2 rings (SSSR count). The Morgan fingerprint density at radius 2 is 1.89 bits per heavy atom. The van der Waals surface area contributed by atoms with Crippen LogP contribution in [-0.4, -0.2) is 32.0 Å². The van der Waals surface area contributed by atoms with Gasteiger partial charge in [-0.25, -0.2) is 0 Å². The summed E-state index contributed by atoms with van der Waals surface area (Å²) in [6.45, 7) is 0.520. The summed E-state index contributed by atoms with van der Waals surface area (Å²) in [7, 11) is 4.89. The average molecular weight is 252 g/mol. The van der Waals surface area contributed by atoms with Gasteiger partial charge in [0.1, 0.15) is 0 Å². The van der Waals surface area contributed by atoms with E-state index >= 15 is 0 Å². The monoisotopic (exact) mass is 252 g/mol. The van der Waals surface area contributed by atoms with Crippen molar-refractivity contribution in [3.8, 4) is 11.5 Å². The fraction of sp³-hybridized carbons (Fsp3) is 0.571. The lowest BCUT2D eigenvalue weighted by molar-refractivity contribution is 0.149. The predicted octanol–water partition coefficient (Wildman–Crippen LogP) is 1.92. The topological polar surface area (TPSA) is 47.9 Å². The molecule has 1 fully saturated rings. The normalized spacial score (nSPS) is 16.4. The van der Waals surface area contributed by atoms with Crippen LogP contribution in [-0.2, 0) is 17.8 Å². The molecule has 1 saturated carbocycles. The maximum Gasteiger partial charge on any atom is 0.164 e. The van der Waals surface area contributed by atoms with E-state index < -0.39 is 5.60 Å². The minimum absolute atomic E-state index is 0.520. The van der Waals surface area contributed by atoms with Crippen molar-refractivity contribution in [2.45, 2.75) is 31.5 Å². The average Bonchev–Trinajstić information content (AvgIpc) is 3.06. The Hall–Kier alpha value is -1.26. The minimum atomic E-state index is -0.552. The molecule has 0 saturated heterocycles. The molecule has 0 amide bonds. The SMILES string of the molecule is COCc1cc(CC2(O)CC2)c(OC)c(OC)c1. The van der Waals surface area contributed by atoms with Gasteiger partial charge in [0, 0.05) is 19.1 Å². The number of ether oxygens (including phenoxy) is 3. The first-order chi connectivity index (χ1) is 8.61. The van der Waals surface area contributed by atoms with Gasteiger partial charge < -0.3 is 19.3 Å². The third-order valence-electron chi connectivity index (χ3n) is 3.27. The zero-order valence-electron chi connectivity index (χ0n) is 11.2. The Kier molecular flexibility index (Phi) is 3.78. The highest BCUT2D eigenvalue weighted by Crippen LogP contribution is 2.42. The Labute approximate surface area is 107 Å². The maximum absolute atomic E-state index is 10.1. The Balaban J connectivity index is 2.35. The van der Waals surface area contributed by atoms with Crippen LogP contribution in [0.5, 0.6) is 11.5 Å². The van der Waals surface area contributed by atoms with E-state index in [2.05, 4.69) is 0 Å². The quantitative estimate of drug-likeness (QED) is 0.840. The van der Waals surface area contributed by atoms with E-state index in [1.54, 1.807) is 21.3 Å². The number of methoxy groups -OCH3 is 3. The first-order valence-electron chi connectivity index (χ1n) is 6.07. The molecule has 100 valence electrons. The third-order valence-corrected chi connectivity index (χ3v) is 3.27. The summed E-state index contributed by atoms with van der Waals surface area (Å²) >= 11 is 0. The third kappa shape index (κ3) is 2.76. The second-order valence-electron chi connectivity index (χ2n) is 4.82. The van der Waals surface area contributed by atoms with Crippen molar-refractivity contribution in [1.29, 1.82) is 0 Å². The number of hydrogen-bond acceptors (Lipinski definition) is 4. The highest BCUT2D eigenvalue weighted by molar-refractivity contribution is 5.50. The van der Waals surface area contributed by atoms with Gasteiger partial charge in [0.2, 0.25) is 0 Å². The van der Waals surface area contributed by atoms with E-state index in [4.69, 9.17) is 14.2 Å². The summed E-state index contributed by atoms with van der Waals surface area (Å²) < 4.78 is 15.9. The molecular formula is C14H20O4. The molecule has 1 aliphatic rings. The second-order valence-corrected chi connectivity index (χ2v) is 4.82. The van der Waals surface area contributed by atoms with Crippen LogP contribution in [0.1, 0.15) is 24.0 Å². The molecule has 0 heterocycles. The standard InChI is InChI=1S/C14H20O4/c1-16-9-10-6-11(8-14(15)4-5-14)13(18-3)12(7-10)17-2/h6-7,15H,4-5,8-9H2,1-3H3. The summed E-state index contributed by atoms with van der Waals surface area (Å²) in [5, 5.41) is 10.1. The summed E-state index contributed by atoms with van der Waals surface area (Å²) in [5.41, 5.74) is 1.45. The first kappa shape index (κ1) is 13.2. The molecule has 4 heteroatoms. The van der Waals surface area contributed by atoms with Gasteiger partial charge in [-0.2, -0.15) is 0 Å².